The van der Waals surface area contributed by atoms with Gasteiger partial charge in [0.2, 0.25) is 0 Å². The fourth-order valence-corrected chi connectivity index (χ4v) is 1.63. The van der Waals surface area contributed by atoms with E-state index in [4.69, 9.17) is 4.42 Å². The van der Waals surface area contributed by atoms with E-state index in [1.807, 2.05) is 12.1 Å². The summed E-state index contributed by atoms with van der Waals surface area (Å²) >= 11 is 0. The lowest BCUT2D eigenvalue weighted by molar-refractivity contribution is 0.0865. The Hall–Kier alpha value is -0.800. The van der Waals surface area contributed by atoms with Crippen LogP contribution in [0, 0.1) is 0 Å². The largest absolute Gasteiger partial charge is 0.468 e. The maximum Gasteiger partial charge on any atom is 0.123 e. The summed E-state index contributed by atoms with van der Waals surface area (Å²) in [5, 5.41) is 12.8. The number of aliphatic hydroxyl groups is 1. The van der Waals surface area contributed by atoms with Gasteiger partial charge in [0.15, 0.2) is 0 Å². The summed E-state index contributed by atoms with van der Waals surface area (Å²) in [6.07, 6.45) is 3.24. The Morgan fingerprint density at radius 1 is 1.58 bits per heavy atom. The van der Waals surface area contributed by atoms with Gasteiger partial charge < -0.3 is 14.8 Å². The molecule has 1 aliphatic rings. The lowest BCUT2D eigenvalue weighted by Crippen LogP contribution is -2.37. The van der Waals surface area contributed by atoms with Crippen molar-refractivity contribution in [3.63, 3.8) is 0 Å². The molecule has 3 nitrogen and oxygen atoms in total. The maximum absolute atomic E-state index is 9.62. The maximum atomic E-state index is 9.62. The number of aliphatic hydroxyl groups excluding tert-OH is 1. The van der Waals surface area contributed by atoms with Crippen molar-refractivity contribution in [1.29, 1.82) is 0 Å². The van der Waals surface area contributed by atoms with E-state index >= 15 is 0 Å². The highest BCUT2D eigenvalue weighted by molar-refractivity contribution is 5.07. The van der Waals surface area contributed by atoms with Crippen LogP contribution in [-0.4, -0.2) is 17.8 Å². The van der Waals surface area contributed by atoms with Gasteiger partial charge in [0, 0.05) is 0 Å². The lowest BCUT2D eigenvalue weighted by atomic mass is 10.00. The molecule has 1 aromatic heterocycles. The van der Waals surface area contributed by atoms with E-state index in [0.29, 0.717) is 0 Å². The van der Waals surface area contributed by atoms with Crippen LogP contribution in [0.1, 0.15) is 24.6 Å². The van der Waals surface area contributed by atoms with Crippen molar-refractivity contribution in [3.05, 3.63) is 24.2 Å². The first-order chi connectivity index (χ1) is 5.88. The summed E-state index contributed by atoms with van der Waals surface area (Å²) in [6, 6.07) is 3.73. The van der Waals surface area contributed by atoms with Crippen LogP contribution >= 0.6 is 0 Å². The number of nitrogens with one attached hydrogen (secondary N) is 1. The van der Waals surface area contributed by atoms with Crippen molar-refractivity contribution in [2.24, 2.45) is 0 Å². The molecule has 0 spiro atoms. The fourth-order valence-electron chi connectivity index (χ4n) is 1.63. The lowest BCUT2D eigenvalue weighted by Gasteiger charge is -2.27. The fraction of sp³-hybridized carbons (Fsp3) is 0.556. The van der Waals surface area contributed by atoms with E-state index in [-0.39, 0.29) is 12.1 Å². The number of furan rings is 1. The molecule has 0 aliphatic carbocycles. The van der Waals surface area contributed by atoms with Crippen molar-refractivity contribution in [1.82, 2.24) is 5.32 Å². The molecule has 1 saturated heterocycles. The zero-order valence-corrected chi connectivity index (χ0v) is 6.86. The van der Waals surface area contributed by atoms with E-state index < -0.39 is 0 Å². The second-order valence-electron chi connectivity index (χ2n) is 3.16. The van der Waals surface area contributed by atoms with Crippen LogP contribution in [0.5, 0.6) is 0 Å². The standard InChI is InChI=1S/C9H13NO2/c11-7-3-1-5-10-9(7)8-4-2-6-12-8/h2,4,6-7,9-11H,1,3,5H2. The van der Waals surface area contributed by atoms with E-state index in [0.717, 1.165) is 25.1 Å². The molecule has 3 heteroatoms. The highest BCUT2D eigenvalue weighted by Crippen LogP contribution is 2.23. The number of piperidine rings is 1. The minimum absolute atomic E-state index is 0.00579. The Bertz CT molecular complexity index is 233. The third kappa shape index (κ3) is 1.38. The molecule has 0 amide bonds. The molecular weight excluding hydrogens is 154 g/mol. The molecule has 2 rings (SSSR count). The van der Waals surface area contributed by atoms with Gasteiger partial charge in [-0.1, -0.05) is 0 Å². The van der Waals surface area contributed by atoms with E-state index in [1.165, 1.54) is 0 Å². The van der Waals surface area contributed by atoms with Crippen molar-refractivity contribution in [2.45, 2.75) is 25.0 Å². The van der Waals surface area contributed by atoms with Crippen molar-refractivity contribution < 1.29 is 9.52 Å². The van der Waals surface area contributed by atoms with Gasteiger partial charge in [-0.15, -0.1) is 0 Å². The molecule has 12 heavy (non-hydrogen) atoms. The topological polar surface area (TPSA) is 45.4 Å². The number of rotatable bonds is 1. The van der Waals surface area contributed by atoms with Crippen molar-refractivity contribution in [2.75, 3.05) is 6.54 Å². The first-order valence-corrected chi connectivity index (χ1v) is 4.33. The smallest absolute Gasteiger partial charge is 0.123 e. The zero-order chi connectivity index (χ0) is 8.39. The first kappa shape index (κ1) is 7.83. The van der Waals surface area contributed by atoms with Crippen LogP contribution in [0.4, 0.5) is 0 Å². The monoisotopic (exact) mass is 167 g/mol. The summed E-state index contributed by atoms with van der Waals surface area (Å²) < 4.78 is 5.22. The van der Waals surface area contributed by atoms with Crippen LogP contribution < -0.4 is 5.32 Å². The molecule has 0 bridgehead atoms. The molecule has 1 fully saturated rings. The molecule has 2 unspecified atom stereocenters. The SMILES string of the molecule is OC1CCCNC1c1ccco1. The van der Waals surface area contributed by atoms with E-state index in [2.05, 4.69) is 5.32 Å². The van der Waals surface area contributed by atoms with E-state index in [1.54, 1.807) is 6.26 Å². The number of hydrogen-bond acceptors (Lipinski definition) is 3. The Morgan fingerprint density at radius 2 is 2.50 bits per heavy atom. The Balaban J connectivity index is 2.11. The van der Waals surface area contributed by atoms with Crippen LogP contribution in [0.25, 0.3) is 0 Å². The van der Waals surface area contributed by atoms with Gasteiger partial charge >= 0.3 is 0 Å². The van der Waals surface area contributed by atoms with Crippen LogP contribution in [0.3, 0.4) is 0 Å². The van der Waals surface area contributed by atoms with Gasteiger partial charge in [-0.2, -0.15) is 0 Å². The summed E-state index contributed by atoms with van der Waals surface area (Å²) in [5.74, 6) is 0.835. The second kappa shape index (κ2) is 3.29. The summed E-state index contributed by atoms with van der Waals surface area (Å²) in [4.78, 5) is 0. The molecule has 0 radical (unpaired) electrons. The Morgan fingerprint density at radius 3 is 3.17 bits per heavy atom. The minimum atomic E-state index is -0.301. The van der Waals surface area contributed by atoms with Gasteiger partial charge in [0.1, 0.15) is 5.76 Å². The molecule has 0 saturated carbocycles. The van der Waals surface area contributed by atoms with Crippen LogP contribution in [0.2, 0.25) is 0 Å². The molecule has 2 atom stereocenters. The van der Waals surface area contributed by atoms with Crippen molar-refractivity contribution in [3.8, 4) is 0 Å². The normalized spacial score (nSPS) is 30.4. The van der Waals surface area contributed by atoms with Gasteiger partial charge in [0.05, 0.1) is 18.4 Å². The first-order valence-electron chi connectivity index (χ1n) is 4.33. The highest BCUT2D eigenvalue weighted by atomic mass is 16.3. The Kier molecular flexibility index (Phi) is 2.15. The summed E-state index contributed by atoms with van der Waals surface area (Å²) in [6.45, 7) is 0.961. The van der Waals surface area contributed by atoms with Gasteiger partial charge in [-0.05, 0) is 31.5 Å². The molecule has 1 aromatic rings. The molecule has 2 N–H and O–H groups in total. The molecule has 2 heterocycles. The van der Waals surface area contributed by atoms with Gasteiger partial charge in [-0.3, -0.25) is 0 Å². The summed E-state index contributed by atoms with van der Waals surface area (Å²) in [5.41, 5.74) is 0. The van der Waals surface area contributed by atoms with Gasteiger partial charge in [0.25, 0.3) is 0 Å². The number of hydrogen-bond donors (Lipinski definition) is 2. The Labute approximate surface area is 71.4 Å². The quantitative estimate of drug-likeness (QED) is 0.657. The third-order valence-corrected chi connectivity index (χ3v) is 2.28. The molecule has 66 valence electrons. The predicted molar refractivity (Wildman–Crippen MR) is 44.7 cm³/mol. The average Bonchev–Trinajstić information content (AvgIpc) is 2.57. The van der Waals surface area contributed by atoms with E-state index in [9.17, 15) is 5.11 Å². The molecular formula is C9H13NO2. The zero-order valence-electron chi connectivity index (χ0n) is 6.86. The van der Waals surface area contributed by atoms with Crippen molar-refractivity contribution >= 4 is 0 Å². The average molecular weight is 167 g/mol. The molecule has 0 aromatic carbocycles. The third-order valence-electron chi connectivity index (χ3n) is 2.28. The van der Waals surface area contributed by atoms with Crippen LogP contribution in [0.15, 0.2) is 22.8 Å². The predicted octanol–water partition coefficient (Wildman–Crippen LogP) is 1.06. The summed E-state index contributed by atoms with van der Waals surface area (Å²) in [7, 11) is 0. The van der Waals surface area contributed by atoms with Crippen LogP contribution in [-0.2, 0) is 0 Å². The highest BCUT2D eigenvalue weighted by Gasteiger charge is 2.25. The van der Waals surface area contributed by atoms with Gasteiger partial charge in [-0.25, -0.2) is 0 Å². The molecule has 1 aliphatic heterocycles. The minimum Gasteiger partial charge on any atom is -0.468 e. The second-order valence-corrected chi connectivity index (χ2v) is 3.16.